The highest BCUT2D eigenvalue weighted by Crippen LogP contribution is 2.17. The van der Waals surface area contributed by atoms with Gasteiger partial charge in [-0.2, -0.15) is 0 Å². The minimum absolute atomic E-state index is 0.196. The summed E-state index contributed by atoms with van der Waals surface area (Å²) in [6.07, 6.45) is -0.415. The van der Waals surface area contributed by atoms with Gasteiger partial charge in [0, 0.05) is 26.2 Å². The first kappa shape index (κ1) is 11.9. The van der Waals surface area contributed by atoms with Gasteiger partial charge in [-0.25, -0.2) is 4.79 Å². The van der Waals surface area contributed by atoms with Crippen molar-refractivity contribution in [2.45, 2.75) is 13.0 Å². The van der Waals surface area contributed by atoms with Crippen LogP contribution < -0.4 is 5.32 Å². The maximum Gasteiger partial charge on any atom is 0.410 e. The van der Waals surface area contributed by atoms with Crippen LogP contribution in [-0.2, 0) is 4.74 Å². The van der Waals surface area contributed by atoms with Gasteiger partial charge < -0.3 is 15.0 Å². The molecule has 0 spiro atoms. The molecule has 1 saturated heterocycles. The molecule has 0 aliphatic carbocycles. The average molecular weight is 234 g/mol. The third-order valence-electron chi connectivity index (χ3n) is 2.92. The van der Waals surface area contributed by atoms with E-state index in [1.54, 1.807) is 4.90 Å². The van der Waals surface area contributed by atoms with Crippen LogP contribution in [0.4, 0.5) is 4.79 Å². The molecular formula is C13H18N2O2. The lowest BCUT2D eigenvalue weighted by Gasteiger charge is -2.28. The van der Waals surface area contributed by atoms with Gasteiger partial charge in [0.05, 0.1) is 0 Å². The molecular weight excluding hydrogens is 216 g/mol. The second-order valence-electron chi connectivity index (χ2n) is 4.17. The van der Waals surface area contributed by atoms with Crippen molar-refractivity contribution in [2.75, 3.05) is 26.2 Å². The first-order valence-corrected chi connectivity index (χ1v) is 5.98. The fourth-order valence-electron chi connectivity index (χ4n) is 1.87. The van der Waals surface area contributed by atoms with Crippen LogP contribution in [0.3, 0.4) is 0 Å². The molecule has 4 nitrogen and oxygen atoms in total. The molecule has 1 aromatic rings. The van der Waals surface area contributed by atoms with Gasteiger partial charge in [-0.1, -0.05) is 30.3 Å². The van der Waals surface area contributed by atoms with E-state index in [4.69, 9.17) is 4.74 Å². The smallest absolute Gasteiger partial charge is 0.410 e. The van der Waals surface area contributed by atoms with Gasteiger partial charge in [-0.3, -0.25) is 0 Å². The molecule has 1 fully saturated rings. The van der Waals surface area contributed by atoms with E-state index in [-0.39, 0.29) is 12.2 Å². The van der Waals surface area contributed by atoms with Crippen LogP contribution in [-0.4, -0.2) is 37.2 Å². The molecule has 1 aromatic carbocycles. The lowest BCUT2D eigenvalue weighted by molar-refractivity contribution is 0.0662. The predicted molar refractivity (Wildman–Crippen MR) is 65.8 cm³/mol. The number of hydrogen-bond acceptors (Lipinski definition) is 3. The monoisotopic (exact) mass is 234 g/mol. The third kappa shape index (κ3) is 3.20. The van der Waals surface area contributed by atoms with Gasteiger partial charge in [-0.15, -0.1) is 0 Å². The number of amides is 1. The van der Waals surface area contributed by atoms with Gasteiger partial charge in [0.15, 0.2) is 0 Å². The van der Waals surface area contributed by atoms with Crippen LogP contribution in [0.2, 0.25) is 0 Å². The predicted octanol–water partition coefficient (Wildman–Crippen LogP) is 1.79. The molecule has 1 amide bonds. The normalized spacial score (nSPS) is 17.6. The van der Waals surface area contributed by atoms with Gasteiger partial charge in [0.25, 0.3) is 0 Å². The average Bonchev–Trinajstić information content (AvgIpc) is 2.40. The Labute approximate surface area is 102 Å². The highest BCUT2D eigenvalue weighted by atomic mass is 16.6. The summed E-state index contributed by atoms with van der Waals surface area (Å²) in [5.41, 5.74) is 1.02. The van der Waals surface area contributed by atoms with E-state index in [0.717, 1.165) is 31.7 Å². The molecule has 1 unspecified atom stereocenters. The molecule has 2 rings (SSSR count). The number of nitrogens with zero attached hydrogens (tertiary/aromatic N) is 1. The lowest BCUT2D eigenvalue weighted by atomic mass is 10.1. The zero-order chi connectivity index (χ0) is 12.1. The Hall–Kier alpha value is -1.55. The summed E-state index contributed by atoms with van der Waals surface area (Å²) in [7, 11) is 0. The number of rotatable bonds is 2. The third-order valence-corrected chi connectivity index (χ3v) is 2.92. The summed E-state index contributed by atoms with van der Waals surface area (Å²) in [4.78, 5) is 13.6. The SMILES string of the molecule is CC(OC(=O)N1CCNCC1)c1ccccc1. The first-order valence-electron chi connectivity index (χ1n) is 5.98. The Balaban J connectivity index is 1.89. The summed E-state index contributed by atoms with van der Waals surface area (Å²) in [6.45, 7) is 5.03. The maximum absolute atomic E-state index is 11.9. The molecule has 1 heterocycles. The number of carbonyl (C=O) groups excluding carboxylic acids is 1. The Morgan fingerprint density at radius 1 is 1.29 bits per heavy atom. The maximum atomic E-state index is 11.9. The molecule has 1 N–H and O–H groups in total. The van der Waals surface area contributed by atoms with E-state index >= 15 is 0 Å². The van der Waals surface area contributed by atoms with Crippen molar-refractivity contribution < 1.29 is 9.53 Å². The van der Waals surface area contributed by atoms with Gasteiger partial charge >= 0.3 is 6.09 Å². The summed E-state index contributed by atoms with van der Waals surface area (Å²) in [5, 5.41) is 3.21. The van der Waals surface area contributed by atoms with E-state index in [2.05, 4.69) is 5.32 Å². The van der Waals surface area contributed by atoms with Crippen molar-refractivity contribution in [3.05, 3.63) is 35.9 Å². The second-order valence-corrected chi connectivity index (χ2v) is 4.17. The van der Waals surface area contributed by atoms with Crippen LogP contribution >= 0.6 is 0 Å². The minimum atomic E-state index is -0.220. The van der Waals surface area contributed by atoms with Gasteiger partial charge in [0.1, 0.15) is 6.10 Å². The van der Waals surface area contributed by atoms with Crippen molar-refractivity contribution >= 4 is 6.09 Å². The van der Waals surface area contributed by atoms with Crippen LogP contribution in [0.25, 0.3) is 0 Å². The number of ether oxygens (including phenoxy) is 1. The lowest BCUT2D eigenvalue weighted by Crippen LogP contribution is -2.46. The molecule has 1 aliphatic rings. The number of nitrogens with one attached hydrogen (secondary N) is 1. The summed E-state index contributed by atoms with van der Waals surface area (Å²) in [5.74, 6) is 0. The van der Waals surface area contributed by atoms with Crippen LogP contribution in [0, 0.1) is 0 Å². The summed E-state index contributed by atoms with van der Waals surface area (Å²) < 4.78 is 5.44. The van der Waals surface area contributed by atoms with Crippen molar-refractivity contribution in [1.29, 1.82) is 0 Å². The number of piperazine rings is 1. The molecule has 4 heteroatoms. The van der Waals surface area contributed by atoms with Crippen molar-refractivity contribution in [3.63, 3.8) is 0 Å². The largest absolute Gasteiger partial charge is 0.442 e. The number of benzene rings is 1. The van der Waals surface area contributed by atoms with E-state index in [0.29, 0.717) is 0 Å². The molecule has 1 atom stereocenters. The molecule has 1 aliphatic heterocycles. The Bertz CT molecular complexity index is 361. The fraction of sp³-hybridized carbons (Fsp3) is 0.462. The molecule has 0 saturated carbocycles. The number of carbonyl (C=O) groups is 1. The first-order chi connectivity index (χ1) is 8.27. The summed E-state index contributed by atoms with van der Waals surface area (Å²) in [6, 6.07) is 9.79. The van der Waals surface area contributed by atoms with Crippen LogP contribution in [0.1, 0.15) is 18.6 Å². The zero-order valence-electron chi connectivity index (χ0n) is 10.1. The quantitative estimate of drug-likeness (QED) is 0.848. The molecule has 17 heavy (non-hydrogen) atoms. The minimum Gasteiger partial charge on any atom is -0.442 e. The van der Waals surface area contributed by atoms with E-state index in [1.165, 1.54) is 0 Å². The topological polar surface area (TPSA) is 41.6 Å². The van der Waals surface area contributed by atoms with Crippen LogP contribution in [0.15, 0.2) is 30.3 Å². The highest BCUT2D eigenvalue weighted by molar-refractivity contribution is 5.68. The van der Waals surface area contributed by atoms with E-state index in [1.807, 2.05) is 37.3 Å². The fourth-order valence-corrected chi connectivity index (χ4v) is 1.87. The highest BCUT2D eigenvalue weighted by Gasteiger charge is 2.20. The van der Waals surface area contributed by atoms with E-state index in [9.17, 15) is 4.79 Å². The summed E-state index contributed by atoms with van der Waals surface area (Å²) >= 11 is 0. The number of hydrogen-bond donors (Lipinski definition) is 1. The Kier molecular flexibility index (Phi) is 3.98. The van der Waals surface area contributed by atoms with Crippen molar-refractivity contribution in [2.24, 2.45) is 0 Å². The van der Waals surface area contributed by atoms with Crippen molar-refractivity contribution in [3.8, 4) is 0 Å². The van der Waals surface area contributed by atoms with Gasteiger partial charge in [0.2, 0.25) is 0 Å². The Morgan fingerprint density at radius 3 is 2.59 bits per heavy atom. The molecule has 92 valence electrons. The second kappa shape index (κ2) is 5.68. The molecule has 0 aromatic heterocycles. The standard InChI is InChI=1S/C13H18N2O2/c1-11(12-5-3-2-4-6-12)17-13(16)15-9-7-14-8-10-15/h2-6,11,14H,7-10H2,1H3. The zero-order valence-corrected chi connectivity index (χ0v) is 10.1. The molecule has 0 bridgehead atoms. The van der Waals surface area contributed by atoms with E-state index < -0.39 is 0 Å². The molecule has 0 radical (unpaired) electrons. The van der Waals surface area contributed by atoms with Gasteiger partial charge in [-0.05, 0) is 12.5 Å². The van der Waals surface area contributed by atoms with Crippen molar-refractivity contribution in [1.82, 2.24) is 10.2 Å². The van der Waals surface area contributed by atoms with Crippen LogP contribution in [0.5, 0.6) is 0 Å². The Morgan fingerprint density at radius 2 is 1.94 bits per heavy atom.